The molecule has 0 saturated carbocycles. The molecule has 0 aliphatic carbocycles. The van der Waals surface area contributed by atoms with Gasteiger partial charge in [0.05, 0.1) is 49.5 Å². The lowest BCUT2D eigenvalue weighted by Crippen LogP contribution is -2.56. The minimum Gasteiger partial charge on any atom is -0.348 e. The predicted molar refractivity (Wildman–Crippen MR) is 249 cm³/mol. The number of hydrogen-bond acceptors (Lipinski definition) is 20. The SMILES string of the molecule is CC1(C)O[C@@H]2[C@@H](CO[C@]2(OCCCCN(CCN(CCCCO[C@]2([C@H]3COC(C)(C)O3)OC[C@H]3OC(C)(C)O[C@H]32)S(=O)(=O)c2ccccc2[N+](=O)[O-])S(=O)(=O)c2ccccc2[N+](=O)[O-])[C@H]2COC(C)(C)O2)O1. The van der Waals surface area contributed by atoms with Crippen LogP contribution in [0.3, 0.4) is 0 Å². The highest BCUT2D eigenvalue weighted by Crippen LogP contribution is 2.48. The molecule has 6 heterocycles. The molecule has 0 aromatic heterocycles. The molecule has 26 heteroatoms. The summed E-state index contributed by atoms with van der Waals surface area (Å²) in [6, 6.07) is 9.70. The van der Waals surface area contributed by atoms with Gasteiger partial charge >= 0.3 is 0 Å². The molecular weight excluding hydrogens is 993 g/mol. The van der Waals surface area contributed by atoms with Crippen molar-refractivity contribution in [2.24, 2.45) is 0 Å². The summed E-state index contributed by atoms with van der Waals surface area (Å²) in [5.41, 5.74) is -1.36. The molecule has 402 valence electrons. The van der Waals surface area contributed by atoms with Crippen LogP contribution in [0.25, 0.3) is 0 Å². The molecule has 0 bridgehead atoms. The van der Waals surface area contributed by atoms with Crippen molar-refractivity contribution in [2.45, 2.75) is 162 Å². The van der Waals surface area contributed by atoms with E-state index in [2.05, 4.69) is 0 Å². The number of rotatable bonds is 23. The molecule has 0 unspecified atom stereocenters. The van der Waals surface area contributed by atoms with E-state index in [0.717, 1.165) is 32.9 Å². The summed E-state index contributed by atoms with van der Waals surface area (Å²) in [5, 5.41) is 24.4. The van der Waals surface area contributed by atoms with Gasteiger partial charge in [0.25, 0.3) is 11.4 Å². The summed E-state index contributed by atoms with van der Waals surface area (Å²) in [7, 11) is -9.40. The molecule has 8 rings (SSSR count). The van der Waals surface area contributed by atoms with E-state index >= 15 is 0 Å². The second-order valence-electron chi connectivity index (χ2n) is 20.3. The summed E-state index contributed by atoms with van der Waals surface area (Å²) in [6.07, 6.45) is -3.06. The van der Waals surface area contributed by atoms with Crippen LogP contribution in [-0.2, 0) is 76.9 Å². The molecule has 6 fully saturated rings. The van der Waals surface area contributed by atoms with Gasteiger partial charge in [0, 0.05) is 38.3 Å². The first-order chi connectivity index (χ1) is 33.7. The molecule has 24 nitrogen and oxygen atoms in total. The van der Waals surface area contributed by atoms with Gasteiger partial charge in [-0.3, -0.25) is 20.2 Å². The molecule has 6 aliphatic rings. The quantitative estimate of drug-likeness (QED) is 0.0837. The van der Waals surface area contributed by atoms with Crippen LogP contribution >= 0.6 is 0 Å². The Labute approximate surface area is 419 Å². The Balaban J connectivity index is 1.01. The van der Waals surface area contributed by atoms with Crippen molar-refractivity contribution in [1.82, 2.24) is 8.61 Å². The Morgan fingerprint density at radius 2 is 0.889 bits per heavy atom. The number of nitro groups is 2. The van der Waals surface area contributed by atoms with Gasteiger partial charge in [0.15, 0.2) is 32.9 Å². The molecule has 0 amide bonds. The number of fused-ring (bicyclic) bond motifs is 2. The number of nitrogens with zero attached hydrogens (tertiary/aromatic N) is 4. The highest BCUT2D eigenvalue weighted by molar-refractivity contribution is 7.89. The molecule has 0 spiro atoms. The first kappa shape index (κ1) is 54.8. The standard InChI is InChI=1S/C46H66N4O20S2/c1-41(2)61-29-37(67-41)45(39-33(27-63-45)65-43(5,6)69-39)59-25-15-13-21-47(71(55,56)35-19-11-9-17-31(35)49(51)52)23-24-48(72(57,58)36-20-12-10-18-32(36)50(53)54)22-14-16-26-60-46(38-30-62-42(3,4)68-38)40-34(28-64-46)66-44(7,8)70-40/h9-12,17-20,33-34,37-40H,13-16,21-30H2,1-8H3/t33-,34-,37-,38-,39-,40-,45-,46-/m1/s1. The third kappa shape index (κ3) is 11.2. The van der Waals surface area contributed by atoms with Crippen LogP contribution in [0.4, 0.5) is 11.4 Å². The third-order valence-electron chi connectivity index (χ3n) is 13.2. The minimum atomic E-state index is -4.70. The van der Waals surface area contributed by atoms with E-state index in [4.69, 9.17) is 56.8 Å². The van der Waals surface area contributed by atoms with Crippen LogP contribution in [0.1, 0.15) is 81.1 Å². The van der Waals surface area contributed by atoms with Gasteiger partial charge in [0.1, 0.15) is 36.6 Å². The summed E-state index contributed by atoms with van der Waals surface area (Å²) in [5.74, 6) is -6.65. The number of benzene rings is 2. The van der Waals surface area contributed by atoms with E-state index in [-0.39, 0.29) is 78.4 Å². The Hall–Kier alpha value is -3.42. The third-order valence-corrected chi connectivity index (χ3v) is 17.1. The number of hydrogen-bond donors (Lipinski definition) is 0. The van der Waals surface area contributed by atoms with Crippen molar-refractivity contribution >= 4 is 31.4 Å². The van der Waals surface area contributed by atoms with E-state index in [0.29, 0.717) is 0 Å². The Morgan fingerprint density at radius 1 is 0.514 bits per heavy atom. The molecule has 8 atom stereocenters. The highest BCUT2D eigenvalue weighted by atomic mass is 32.2. The van der Waals surface area contributed by atoms with Crippen LogP contribution in [0.2, 0.25) is 0 Å². The van der Waals surface area contributed by atoms with E-state index in [1.807, 2.05) is 0 Å². The molecule has 2 aromatic rings. The maximum absolute atomic E-state index is 14.6. The van der Waals surface area contributed by atoms with Crippen molar-refractivity contribution in [3.63, 3.8) is 0 Å². The van der Waals surface area contributed by atoms with E-state index < -0.39 is 135 Å². The van der Waals surface area contributed by atoms with Crippen molar-refractivity contribution in [2.75, 3.05) is 65.8 Å². The molecule has 6 aliphatic heterocycles. The predicted octanol–water partition coefficient (Wildman–Crippen LogP) is 4.57. The number of unbranched alkanes of at least 4 members (excludes halogenated alkanes) is 2. The maximum atomic E-state index is 14.6. The van der Waals surface area contributed by atoms with Crippen LogP contribution < -0.4 is 0 Å². The van der Waals surface area contributed by atoms with Crippen LogP contribution in [0, 0.1) is 20.2 Å². The summed E-state index contributed by atoms with van der Waals surface area (Å²) < 4.78 is 135. The van der Waals surface area contributed by atoms with E-state index in [1.54, 1.807) is 55.4 Å². The van der Waals surface area contributed by atoms with Gasteiger partial charge in [-0.05, 0) is 93.2 Å². The minimum absolute atomic E-state index is 0.00914. The maximum Gasteiger partial charge on any atom is 0.289 e. The second kappa shape index (κ2) is 20.6. The number of sulfonamides is 2. The van der Waals surface area contributed by atoms with Crippen LogP contribution in [0.15, 0.2) is 58.3 Å². The monoisotopic (exact) mass is 1060 g/mol. The van der Waals surface area contributed by atoms with Crippen LogP contribution in [-0.4, -0.2) is 172 Å². The first-order valence-corrected chi connectivity index (χ1v) is 27.0. The Morgan fingerprint density at radius 3 is 1.24 bits per heavy atom. The zero-order valence-corrected chi connectivity index (χ0v) is 43.4. The molecule has 2 aromatic carbocycles. The van der Waals surface area contributed by atoms with Crippen molar-refractivity contribution in [3.8, 4) is 0 Å². The number of nitro benzene ring substituents is 2. The smallest absolute Gasteiger partial charge is 0.289 e. The largest absolute Gasteiger partial charge is 0.348 e. The summed E-state index contributed by atoms with van der Waals surface area (Å²) in [4.78, 5) is 21.5. The average Bonchev–Trinajstić information content (AvgIpc) is 4.15. The van der Waals surface area contributed by atoms with Crippen LogP contribution in [0.5, 0.6) is 0 Å². The second-order valence-corrected chi connectivity index (χ2v) is 24.1. The van der Waals surface area contributed by atoms with Gasteiger partial charge in [0.2, 0.25) is 31.6 Å². The fourth-order valence-corrected chi connectivity index (χ4v) is 13.3. The van der Waals surface area contributed by atoms with Gasteiger partial charge < -0.3 is 56.8 Å². The average molecular weight is 1060 g/mol. The lowest BCUT2D eigenvalue weighted by Gasteiger charge is -2.38. The number of ether oxygens (including phenoxy) is 12. The molecule has 0 radical (unpaired) electrons. The molecular formula is C46H66N4O20S2. The zero-order chi connectivity index (χ0) is 52.1. The van der Waals surface area contributed by atoms with E-state index in [9.17, 15) is 37.1 Å². The molecule has 0 N–H and O–H groups in total. The first-order valence-electron chi connectivity index (χ1n) is 24.1. The van der Waals surface area contributed by atoms with Crippen molar-refractivity contribution in [3.05, 3.63) is 68.8 Å². The summed E-state index contributed by atoms with van der Waals surface area (Å²) in [6.45, 7) is 13.2. The van der Waals surface area contributed by atoms with Gasteiger partial charge in [-0.1, -0.05) is 24.3 Å². The van der Waals surface area contributed by atoms with Crippen molar-refractivity contribution < 1.29 is 83.5 Å². The normalized spacial score (nSPS) is 31.4. The zero-order valence-electron chi connectivity index (χ0n) is 41.8. The van der Waals surface area contributed by atoms with E-state index in [1.165, 1.54) is 24.3 Å². The summed E-state index contributed by atoms with van der Waals surface area (Å²) >= 11 is 0. The lowest BCUT2D eigenvalue weighted by atomic mass is 10.0. The number of para-hydroxylation sites is 2. The lowest BCUT2D eigenvalue weighted by molar-refractivity contribution is -0.388. The fraction of sp³-hybridized carbons (Fsp3) is 0.739. The Kier molecular flexibility index (Phi) is 15.7. The van der Waals surface area contributed by atoms with Gasteiger partial charge in [-0.15, -0.1) is 0 Å². The highest BCUT2D eigenvalue weighted by Gasteiger charge is 2.67. The van der Waals surface area contributed by atoms with Crippen molar-refractivity contribution in [1.29, 1.82) is 0 Å². The van der Waals surface area contributed by atoms with Gasteiger partial charge in [-0.25, -0.2) is 16.8 Å². The molecule has 72 heavy (non-hydrogen) atoms. The van der Waals surface area contributed by atoms with Gasteiger partial charge in [-0.2, -0.15) is 8.61 Å². The topological polar surface area (TPSA) is 272 Å². The Bertz CT molecular complexity index is 2360. The fourth-order valence-electron chi connectivity index (χ4n) is 10.0. The molecule has 6 saturated heterocycles.